The number of piperazine rings is 1. The zero-order valence-electron chi connectivity index (χ0n) is 11.3. The number of hydrogen-bond donors (Lipinski definition) is 1. The summed E-state index contributed by atoms with van der Waals surface area (Å²) in [5, 5.41) is 10.2. The molecule has 7 heteroatoms. The van der Waals surface area contributed by atoms with Crippen molar-refractivity contribution < 1.29 is 4.52 Å². The van der Waals surface area contributed by atoms with Gasteiger partial charge >= 0.3 is 0 Å². The van der Waals surface area contributed by atoms with Gasteiger partial charge in [0.1, 0.15) is 0 Å². The summed E-state index contributed by atoms with van der Waals surface area (Å²) in [6.45, 7) is 2.88. The number of aromatic nitrogens is 2. The van der Waals surface area contributed by atoms with E-state index in [1.54, 1.807) is 11.3 Å². The lowest BCUT2D eigenvalue weighted by atomic mass is 10.2. The van der Waals surface area contributed by atoms with Gasteiger partial charge in [-0.25, -0.2) is 0 Å². The number of halogens is 1. The maximum Gasteiger partial charge on any atom is 0.227 e. The molecule has 3 heterocycles. The van der Waals surface area contributed by atoms with Crippen LogP contribution in [0.3, 0.4) is 0 Å². The average Bonchev–Trinajstić information content (AvgIpc) is 3.06. The third-order valence-electron chi connectivity index (χ3n) is 3.50. The van der Waals surface area contributed by atoms with Crippen molar-refractivity contribution in [1.29, 1.82) is 0 Å². The van der Waals surface area contributed by atoms with Crippen molar-refractivity contribution in [3.63, 3.8) is 0 Å². The van der Waals surface area contributed by atoms with E-state index in [1.165, 1.54) is 4.88 Å². The molecule has 0 saturated carbocycles. The number of nitrogens with zero attached hydrogens (tertiary/aromatic N) is 3. The third-order valence-corrected chi connectivity index (χ3v) is 4.84. The fraction of sp³-hybridized carbons (Fsp3) is 0.538. The van der Waals surface area contributed by atoms with Gasteiger partial charge in [-0.1, -0.05) is 16.8 Å². The molecular weight excluding hydrogens is 296 g/mol. The topological polar surface area (TPSA) is 54.2 Å². The standard InChI is InChI=1S/C13H17ClN4OS/c1-18-5-4-15-7-11(18)13-16-12(19-17-13)3-2-10-6-9(14)8-20-10/h6,8,11,15H,2-5,7H2,1H3. The van der Waals surface area contributed by atoms with Crippen LogP contribution in [0.5, 0.6) is 0 Å². The van der Waals surface area contributed by atoms with Crippen LogP contribution in [0.1, 0.15) is 22.6 Å². The van der Waals surface area contributed by atoms with E-state index in [4.69, 9.17) is 16.1 Å². The maximum atomic E-state index is 5.91. The summed E-state index contributed by atoms with van der Waals surface area (Å²) in [5.41, 5.74) is 0. The Labute approximate surface area is 126 Å². The van der Waals surface area contributed by atoms with Crippen LogP contribution in [-0.4, -0.2) is 41.7 Å². The van der Waals surface area contributed by atoms with E-state index < -0.39 is 0 Å². The van der Waals surface area contributed by atoms with Gasteiger partial charge in [-0.15, -0.1) is 11.3 Å². The summed E-state index contributed by atoms with van der Waals surface area (Å²) >= 11 is 7.57. The molecule has 2 aromatic rings. The normalized spacial score (nSPS) is 20.4. The Morgan fingerprint density at radius 3 is 3.20 bits per heavy atom. The molecule has 0 bridgehead atoms. The van der Waals surface area contributed by atoms with Gasteiger partial charge < -0.3 is 9.84 Å². The molecule has 5 nitrogen and oxygen atoms in total. The lowest BCUT2D eigenvalue weighted by molar-refractivity contribution is 0.190. The van der Waals surface area contributed by atoms with E-state index in [-0.39, 0.29) is 6.04 Å². The Kier molecular flexibility index (Phi) is 4.35. The molecule has 1 aliphatic heterocycles. The van der Waals surface area contributed by atoms with Crippen LogP contribution in [0.4, 0.5) is 0 Å². The minimum Gasteiger partial charge on any atom is -0.339 e. The second-order valence-corrected chi connectivity index (χ2v) is 6.41. The Bertz CT molecular complexity index is 570. The summed E-state index contributed by atoms with van der Waals surface area (Å²) < 4.78 is 5.35. The summed E-state index contributed by atoms with van der Waals surface area (Å²) in [6, 6.07) is 2.19. The summed E-state index contributed by atoms with van der Waals surface area (Å²) in [5.74, 6) is 1.47. The van der Waals surface area contributed by atoms with Gasteiger partial charge in [0.2, 0.25) is 5.89 Å². The Morgan fingerprint density at radius 2 is 2.45 bits per heavy atom. The molecule has 1 N–H and O–H groups in total. The van der Waals surface area contributed by atoms with Crippen LogP contribution in [0, 0.1) is 0 Å². The molecule has 0 amide bonds. The maximum absolute atomic E-state index is 5.91. The zero-order valence-corrected chi connectivity index (χ0v) is 12.9. The molecule has 0 aromatic carbocycles. The summed E-state index contributed by atoms with van der Waals surface area (Å²) in [7, 11) is 2.09. The van der Waals surface area contributed by atoms with E-state index in [0.717, 1.165) is 43.3 Å². The summed E-state index contributed by atoms with van der Waals surface area (Å²) in [6.07, 6.45) is 1.64. The van der Waals surface area contributed by atoms with E-state index >= 15 is 0 Å². The van der Waals surface area contributed by atoms with Crippen LogP contribution in [0.2, 0.25) is 5.02 Å². The molecule has 1 atom stereocenters. The molecule has 0 spiro atoms. The minimum atomic E-state index is 0.206. The van der Waals surface area contributed by atoms with Crippen LogP contribution >= 0.6 is 22.9 Å². The van der Waals surface area contributed by atoms with Gasteiger partial charge in [0.25, 0.3) is 0 Å². The van der Waals surface area contributed by atoms with Crippen LogP contribution in [-0.2, 0) is 12.8 Å². The molecule has 1 unspecified atom stereocenters. The van der Waals surface area contributed by atoms with E-state index in [1.807, 2.05) is 11.4 Å². The fourth-order valence-corrected chi connectivity index (χ4v) is 3.39. The van der Waals surface area contributed by atoms with Crippen molar-refractivity contribution in [2.24, 2.45) is 0 Å². The van der Waals surface area contributed by atoms with Crippen molar-refractivity contribution >= 4 is 22.9 Å². The second-order valence-electron chi connectivity index (χ2n) is 4.98. The van der Waals surface area contributed by atoms with Crippen molar-refractivity contribution in [3.05, 3.63) is 33.1 Å². The molecule has 3 rings (SSSR count). The van der Waals surface area contributed by atoms with Crippen molar-refractivity contribution in [2.75, 3.05) is 26.7 Å². The number of nitrogens with one attached hydrogen (secondary N) is 1. The first-order valence-electron chi connectivity index (χ1n) is 6.69. The largest absolute Gasteiger partial charge is 0.339 e. The van der Waals surface area contributed by atoms with E-state index in [0.29, 0.717) is 5.89 Å². The Morgan fingerprint density at radius 1 is 1.55 bits per heavy atom. The molecule has 1 fully saturated rings. The first kappa shape index (κ1) is 14.0. The van der Waals surface area contributed by atoms with Crippen LogP contribution < -0.4 is 5.32 Å². The van der Waals surface area contributed by atoms with E-state index in [2.05, 4.69) is 27.4 Å². The van der Waals surface area contributed by atoms with Gasteiger partial charge in [0, 0.05) is 36.3 Å². The van der Waals surface area contributed by atoms with Crippen molar-refractivity contribution in [1.82, 2.24) is 20.4 Å². The number of likely N-dealkylation sites (N-methyl/N-ethyl adjacent to an activating group) is 1. The fourth-order valence-electron chi connectivity index (χ4n) is 2.31. The molecule has 1 aliphatic rings. The molecule has 2 aromatic heterocycles. The summed E-state index contributed by atoms with van der Waals surface area (Å²) in [4.78, 5) is 8.01. The van der Waals surface area contributed by atoms with Crippen molar-refractivity contribution in [2.45, 2.75) is 18.9 Å². The van der Waals surface area contributed by atoms with Crippen molar-refractivity contribution in [3.8, 4) is 0 Å². The zero-order chi connectivity index (χ0) is 13.9. The van der Waals surface area contributed by atoms with Gasteiger partial charge in [0.05, 0.1) is 11.1 Å². The quantitative estimate of drug-likeness (QED) is 0.937. The predicted octanol–water partition coefficient (Wildman–Crippen LogP) is 2.15. The Hall–Kier alpha value is -0.950. The average molecular weight is 313 g/mol. The number of aryl methyl sites for hydroxylation is 2. The highest BCUT2D eigenvalue weighted by atomic mass is 35.5. The third kappa shape index (κ3) is 3.20. The Balaban J connectivity index is 1.61. The van der Waals surface area contributed by atoms with E-state index in [9.17, 15) is 0 Å². The first-order chi connectivity index (χ1) is 9.72. The minimum absolute atomic E-state index is 0.206. The highest BCUT2D eigenvalue weighted by molar-refractivity contribution is 7.10. The van der Waals surface area contributed by atoms with Gasteiger partial charge in [0.15, 0.2) is 5.82 Å². The highest BCUT2D eigenvalue weighted by Crippen LogP contribution is 2.21. The lowest BCUT2D eigenvalue weighted by Gasteiger charge is -2.30. The van der Waals surface area contributed by atoms with Gasteiger partial charge in [-0.2, -0.15) is 4.98 Å². The monoisotopic (exact) mass is 312 g/mol. The van der Waals surface area contributed by atoms with Crippen LogP contribution in [0.25, 0.3) is 0 Å². The molecule has 108 valence electrons. The number of thiophene rings is 1. The molecule has 0 radical (unpaired) electrons. The predicted molar refractivity (Wildman–Crippen MR) is 79.3 cm³/mol. The molecule has 20 heavy (non-hydrogen) atoms. The van der Waals surface area contributed by atoms with Crippen LogP contribution in [0.15, 0.2) is 16.0 Å². The van der Waals surface area contributed by atoms with Gasteiger partial charge in [-0.05, 0) is 19.5 Å². The molecular formula is C13H17ClN4OS. The molecule has 0 aliphatic carbocycles. The SMILES string of the molecule is CN1CCNCC1c1noc(CCc2cc(Cl)cs2)n1. The number of rotatable bonds is 4. The first-order valence-corrected chi connectivity index (χ1v) is 7.94. The second kappa shape index (κ2) is 6.22. The number of hydrogen-bond acceptors (Lipinski definition) is 6. The molecule has 1 saturated heterocycles. The lowest BCUT2D eigenvalue weighted by Crippen LogP contribution is -2.44. The smallest absolute Gasteiger partial charge is 0.227 e. The van der Waals surface area contributed by atoms with Gasteiger partial charge in [-0.3, -0.25) is 4.90 Å². The highest BCUT2D eigenvalue weighted by Gasteiger charge is 2.25.